The maximum absolute atomic E-state index is 8.85. The number of rotatable bonds is 1. The first kappa shape index (κ1) is 8.12. The van der Waals surface area contributed by atoms with Crippen molar-refractivity contribution in [1.29, 1.82) is 5.26 Å². The Balaban J connectivity index is 2.33. The molecule has 0 bridgehead atoms. The molecule has 2 rings (SSSR count). The maximum Gasteiger partial charge on any atom is 0.0995 e. The minimum atomic E-state index is 0.796. The second kappa shape index (κ2) is 3.10. The molecule has 0 unspecified atom stereocenters. The van der Waals surface area contributed by atoms with Crippen LogP contribution in [0.25, 0.3) is 0 Å². The second-order valence-corrected chi connectivity index (χ2v) is 3.45. The van der Waals surface area contributed by atoms with Crippen molar-refractivity contribution in [2.75, 3.05) is 18.0 Å². The first-order valence-electron chi connectivity index (χ1n) is 4.57. The zero-order chi connectivity index (χ0) is 9.26. The zero-order valence-electron chi connectivity index (χ0n) is 7.75. The molecule has 13 heavy (non-hydrogen) atoms. The molecule has 0 radical (unpaired) electrons. The molecule has 1 aliphatic rings. The lowest BCUT2D eigenvalue weighted by Gasteiger charge is -2.33. The minimum Gasteiger partial charge on any atom is -0.371 e. The summed E-state index contributed by atoms with van der Waals surface area (Å²) < 4.78 is 0. The van der Waals surface area contributed by atoms with E-state index in [0.29, 0.717) is 0 Å². The fraction of sp³-hybridized carbons (Fsp3) is 0.364. The molecule has 2 heteroatoms. The van der Waals surface area contributed by atoms with Gasteiger partial charge >= 0.3 is 0 Å². The van der Waals surface area contributed by atoms with Gasteiger partial charge in [0.2, 0.25) is 0 Å². The largest absolute Gasteiger partial charge is 0.371 e. The molecule has 1 fully saturated rings. The van der Waals surface area contributed by atoms with E-state index in [2.05, 4.69) is 17.0 Å². The summed E-state index contributed by atoms with van der Waals surface area (Å²) in [6.45, 7) is 4.24. The summed E-state index contributed by atoms with van der Waals surface area (Å²) in [7, 11) is 0. The van der Waals surface area contributed by atoms with E-state index >= 15 is 0 Å². The Bertz CT molecular complexity index is 359. The van der Waals surface area contributed by atoms with Gasteiger partial charge in [0.15, 0.2) is 0 Å². The number of anilines is 1. The van der Waals surface area contributed by atoms with E-state index in [0.717, 1.165) is 24.2 Å². The molecule has 0 saturated carbocycles. The molecule has 66 valence electrons. The van der Waals surface area contributed by atoms with Crippen LogP contribution in [0.15, 0.2) is 18.2 Å². The predicted molar refractivity (Wildman–Crippen MR) is 52.7 cm³/mol. The average Bonchev–Trinajstić information content (AvgIpc) is 2.05. The van der Waals surface area contributed by atoms with Crippen LogP contribution in [0, 0.1) is 18.3 Å². The average molecular weight is 172 g/mol. The first-order valence-corrected chi connectivity index (χ1v) is 4.57. The summed E-state index contributed by atoms with van der Waals surface area (Å²) in [5.41, 5.74) is 3.05. The Morgan fingerprint density at radius 2 is 2.15 bits per heavy atom. The van der Waals surface area contributed by atoms with Crippen molar-refractivity contribution in [1.82, 2.24) is 0 Å². The van der Waals surface area contributed by atoms with Crippen LogP contribution in [0.3, 0.4) is 0 Å². The van der Waals surface area contributed by atoms with Crippen LogP contribution >= 0.6 is 0 Å². The summed E-state index contributed by atoms with van der Waals surface area (Å²) in [6.07, 6.45) is 1.27. The van der Waals surface area contributed by atoms with Gasteiger partial charge in [0.05, 0.1) is 11.6 Å². The van der Waals surface area contributed by atoms with Crippen molar-refractivity contribution in [3.05, 3.63) is 29.3 Å². The smallest absolute Gasteiger partial charge is 0.0995 e. The maximum atomic E-state index is 8.85. The molecule has 0 amide bonds. The highest BCUT2D eigenvalue weighted by molar-refractivity contribution is 5.55. The molecule has 1 saturated heterocycles. The molecular formula is C11H12N2. The van der Waals surface area contributed by atoms with Gasteiger partial charge in [-0.15, -0.1) is 0 Å². The van der Waals surface area contributed by atoms with Crippen LogP contribution < -0.4 is 4.90 Å². The molecular weight excluding hydrogens is 160 g/mol. The van der Waals surface area contributed by atoms with Crippen molar-refractivity contribution in [2.24, 2.45) is 0 Å². The quantitative estimate of drug-likeness (QED) is 0.648. The summed E-state index contributed by atoms with van der Waals surface area (Å²) in [5.74, 6) is 0. The molecule has 0 atom stereocenters. The van der Waals surface area contributed by atoms with E-state index in [1.54, 1.807) is 0 Å². The molecule has 1 heterocycles. The van der Waals surface area contributed by atoms with E-state index in [9.17, 15) is 0 Å². The number of hydrogen-bond donors (Lipinski definition) is 0. The van der Waals surface area contributed by atoms with E-state index < -0.39 is 0 Å². The van der Waals surface area contributed by atoms with Gasteiger partial charge in [-0.2, -0.15) is 5.26 Å². The van der Waals surface area contributed by atoms with Gasteiger partial charge < -0.3 is 4.90 Å². The molecule has 1 aliphatic heterocycles. The van der Waals surface area contributed by atoms with Gasteiger partial charge in [-0.1, -0.05) is 6.07 Å². The number of benzene rings is 1. The Labute approximate surface area is 78.4 Å². The van der Waals surface area contributed by atoms with Crippen LogP contribution in [0.5, 0.6) is 0 Å². The standard InChI is InChI=1S/C11H12N2/c1-9-3-4-11(7-10(9)8-12)13-5-2-6-13/h3-4,7H,2,5-6H2,1H3. The third-order valence-electron chi connectivity index (χ3n) is 2.56. The Morgan fingerprint density at radius 3 is 2.69 bits per heavy atom. The van der Waals surface area contributed by atoms with Crippen LogP contribution in [-0.4, -0.2) is 13.1 Å². The molecule has 0 aromatic heterocycles. The fourth-order valence-corrected chi connectivity index (χ4v) is 1.50. The molecule has 0 N–H and O–H groups in total. The fourth-order valence-electron chi connectivity index (χ4n) is 1.50. The van der Waals surface area contributed by atoms with Crippen LogP contribution in [0.1, 0.15) is 17.5 Å². The van der Waals surface area contributed by atoms with Crippen LogP contribution in [-0.2, 0) is 0 Å². The van der Waals surface area contributed by atoms with Gasteiger partial charge in [0.25, 0.3) is 0 Å². The summed E-state index contributed by atoms with van der Waals surface area (Å²) in [4.78, 5) is 2.29. The van der Waals surface area contributed by atoms with Crippen molar-refractivity contribution < 1.29 is 0 Å². The molecule has 0 aliphatic carbocycles. The van der Waals surface area contributed by atoms with E-state index in [4.69, 9.17) is 5.26 Å². The predicted octanol–water partition coefficient (Wildman–Crippen LogP) is 2.08. The highest BCUT2D eigenvalue weighted by Gasteiger charge is 2.14. The highest BCUT2D eigenvalue weighted by Crippen LogP contribution is 2.22. The van der Waals surface area contributed by atoms with Crippen molar-refractivity contribution in [3.8, 4) is 6.07 Å². The normalized spacial score (nSPS) is 14.9. The molecule has 2 nitrogen and oxygen atoms in total. The third-order valence-corrected chi connectivity index (χ3v) is 2.56. The summed E-state index contributed by atoms with van der Waals surface area (Å²) >= 11 is 0. The van der Waals surface area contributed by atoms with Gasteiger partial charge in [0.1, 0.15) is 0 Å². The van der Waals surface area contributed by atoms with Gasteiger partial charge in [0, 0.05) is 18.8 Å². The third kappa shape index (κ3) is 1.38. The lowest BCUT2D eigenvalue weighted by atomic mass is 10.1. The van der Waals surface area contributed by atoms with E-state index in [-0.39, 0.29) is 0 Å². The monoisotopic (exact) mass is 172 g/mol. The summed E-state index contributed by atoms with van der Waals surface area (Å²) in [6, 6.07) is 8.31. The zero-order valence-corrected chi connectivity index (χ0v) is 7.75. The Hall–Kier alpha value is -1.49. The van der Waals surface area contributed by atoms with Gasteiger partial charge in [-0.3, -0.25) is 0 Å². The summed E-state index contributed by atoms with van der Waals surface area (Å²) in [5, 5.41) is 8.85. The first-order chi connectivity index (χ1) is 6.31. The number of hydrogen-bond acceptors (Lipinski definition) is 2. The van der Waals surface area contributed by atoms with Crippen molar-refractivity contribution in [3.63, 3.8) is 0 Å². The lowest BCUT2D eigenvalue weighted by Crippen LogP contribution is -2.36. The molecule has 0 spiro atoms. The van der Waals surface area contributed by atoms with Gasteiger partial charge in [-0.25, -0.2) is 0 Å². The Kier molecular flexibility index (Phi) is 1.94. The van der Waals surface area contributed by atoms with Crippen molar-refractivity contribution in [2.45, 2.75) is 13.3 Å². The second-order valence-electron chi connectivity index (χ2n) is 3.45. The molecule has 1 aromatic rings. The van der Waals surface area contributed by atoms with Crippen molar-refractivity contribution >= 4 is 5.69 Å². The lowest BCUT2D eigenvalue weighted by molar-refractivity contribution is 0.617. The SMILES string of the molecule is Cc1ccc(N2CCC2)cc1C#N. The van der Waals surface area contributed by atoms with Crippen LogP contribution in [0.2, 0.25) is 0 Å². The highest BCUT2D eigenvalue weighted by atomic mass is 15.2. The number of nitriles is 1. The number of aryl methyl sites for hydroxylation is 1. The topological polar surface area (TPSA) is 27.0 Å². The number of nitrogens with zero attached hydrogens (tertiary/aromatic N) is 2. The van der Waals surface area contributed by atoms with E-state index in [1.807, 2.05) is 19.1 Å². The molecule has 1 aromatic carbocycles. The minimum absolute atomic E-state index is 0.796. The van der Waals surface area contributed by atoms with Crippen LogP contribution in [0.4, 0.5) is 5.69 Å². The van der Waals surface area contributed by atoms with E-state index in [1.165, 1.54) is 12.1 Å². The Morgan fingerprint density at radius 1 is 1.38 bits per heavy atom. The van der Waals surface area contributed by atoms with Gasteiger partial charge in [-0.05, 0) is 31.0 Å².